The average molecular weight is 558 g/mol. The molecule has 2 N–H and O–H groups in total. The van der Waals surface area contributed by atoms with E-state index < -0.39 is 66.3 Å². The highest BCUT2D eigenvalue weighted by Gasteiger charge is 2.47. The minimum Gasteiger partial charge on any atom is -0.428 e. The highest BCUT2D eigenvalue weighted by molar-refractivity contribution is 5.76. The summed E-state index contributed by atoms with van der Waals surface area (Å²) in [5.74, 6) is -5.72. The molecule has 208 valence electrons. The lowest BCUT2D eigenvalue weighted by Gasteiger charge is -2.39. The molecule has 3 aromatic carbocycles. The van der Waals surface area contributed by atoms with Gasteiger partial charge >= 0.3 is 18.6 Å². The molecule has 4 rings (SSSR count). The third-order valence-electron chi connectivity index (χ3n) is 6.27. The van der Waals surface area contributed by atoms with Crippen LogP contribution in [0.3, 0.4) is 0 Å². The van der Waals surface area contributed by atoms with E-state index >= 15 is 0 Å². The molecule has 0 bridgehead atoms. The molecule has 1 aliphatic carbocycles. The number of amides is 2. The number of benzene rings is 3. The minimum absolute atomic E-state index is 0.152. The molecule has 3 aromatic rings. The lowest BCUT2D eigenvalue weighted by Crippen LogP contribution is -2.58. The lowest BCUT2D eigenvalue weighted by molar-refractivity contribution is -0.253. The summed E-state index contributed by atoms with van der Waals surface area (Å²) in [6.45, 7) is 0. The van der Waals surface area contributed by atoms with E-state index in [9.17, 15) is 39.9 Å². The van der Waals surface area contributed by atoms with Crippen LogP contribution in [-0.2, 0) is 12.0 Å². The van der Waals surface area contributed by atoms with Gasteiger partial charge in [-0.25, -0.2) is 22.4 Å². The predicted molar refractivity (Wildman–Crippen MR) is 125 cm³/mol. The molecule has 1 saturated carbocycles. The molecule has 0 aliphatic heterocycles. The van der Waals surface area contributed by atoms with Gasteiger partial charge in [0.15, 0.2) is 0 Å². The van der Waals surface area contributed by atoms with Crippen molar-refractivity contribution in [3.63, 3.8) is 0 Å². The van der Waals surface area contributed by atoms with Crippen molar-refractivity contribution < 1.29 is 44.7 Å². The summed E-state index contributed by atoms with van der Waals surface area (Å²) in [6.07, 6.45) is -10.6. The molecule has 1 fully saturated rings. The standard InChI is InChI=1S/C27H22F8N2O2/c28-19-8-6-17(7-9-19)26(13-16-4-2-1-3-5-16,37-24(38)36-21-14-25(32,33)15-21)18-10-20(29)12-22(11-18)39-27(34,35)23(30)31/h1-12,21,23H,13-15H2,(H2,36,37,38)/t26-/m1/s1. The smallest absolute Gasteiger partial charge is 0.428 e. The Balaban J connectivity index is 1.83. The van der Waals surface area contributed by atoms with E-state index in [0.29, 0.717) is 11.6 Å². The number of carbonyl (C=O) groups is 1. The Hall–Kier alpha value is -3.83. The van der Waals surface area contributed by atoms with Gasteiger partial charge in [-0.1, -0.05) is 42.5 Å². The van der Waals surface area contributed by atoms with Crippen LogP contribution in [0.5, 0.6) is 5.75 Å². The second-order valence-electron chi connectivity index (χ2n) is 9.27. The normalized spacial score (nSPS) is 16.7. The molecule has 39 heavy (non-hydrogen) atoms. The molecule has 0 aromatic heterocycles. The van der Waals surface area contributed by atoms with Gasteiger partial charge in [0.25, 0.3) is 5.92 Å². The van der Waals surface area contributed by atoms with Crippen LogP contribution in [0, 0.1) is 11.6 Å². The number of nitrogens with one attached hydrogen (secondary N) is 2. The first-order chi connectivity index (χ1) is 18.3. The number of hydrogen-bond acceptors (Lipinski definition) is 2. The number of urea groups is 1. The zero-order valence-electron chi connectivity index (χ0n) is 20.0. The number of halogens is 8. The first kappa shape index (κ1) is 28.2. The van der Waals surface area contributed by atoms with E-state index in [1.165, 1.54) is 12.1 Å². The Bertz CT molecular complexity index is 1300. The van der Waals surface area contributed by atoms with Crippen molar-refractivity contribution in [1.82, 2.24) is 10.6 Å². The van der Waals surface area contributed by atoms with Crippen molar-refractivity contribution in [3.8, 4) is 5.75 Å². The van der Waals surface area contributed by atoms with E-state index in [1.807, 2.05) is 0 Å². The van der Waals surface area contributed by atoms with E-state index in [4.69, 9.17) is 0 Å². The van der Waals surface area contributed by atoms with Crippen molar-refractivity contribution in [2.24, 2.45) is 0 Å². The first-order valence-corrected chi connectivity index (χ1v) is 11.7. The number of hydrogen-bond donors (Lipinski definition) is 2. The van der Waals surface area contributed by atoms with Crippen molar-refractivity contribution in [1.29, 1.82) is 0 Å². The summed E-state index contributed by atoms with van der Waals surface area (Å²) in [4.78, 5) is 13.1. The third-order valence-corrected chi connectivity index (χ3v) is 6.27. The van der Waals surface area contributed by atoms with Crippen LogP contribution in [0.4, 0.5) is 39.9 Å². The number of alkyl halides is 6. The molecule has 4 nitrogen and oxygen atoms in total. The Morgan fingerprint density at radius 1 is 0.923 bits per heavy atom. The van der Waals surface area contributed by atoms with Crippen LogP contribution >= 0.6 is 0 Å². The van der Waals surface area contributed by atoms with E-state index in [2.05, 4.69) is 15.4 Å². The van der Waals surface area contributed by atoms with Crippen molar-refractivity contribution in [2.45, 2.75) is 49.3 Å². The fourth-order valence-electron chi connectivity index (χ4n) is 4.44. The zero-order chi connectivity index (χ0) is 28.4. The maximum Gasteiger partial charge on any atom is 0.461 e. The highest BCUT2D eigenvalue weighted by atomic mass is 19.3. The van der Waals surface area contributed by atoms with Gasteiger partial charge in [0.05, 0.1) is 5.54 Å². The fourth-order valence-corrected chi connectivity index (χ4v) is 4.44. The van der Waals surface area contributed by atoms with Crippen molar-refractivity contribution in [2.75, 3.05) is 0 Å². The van der Waals surface area contributed by atoms with E-state index in [1.54, 1.807) is 30.3 Å². The van der Waals surface area contributed by atoms with Gasteiger partial charge in [0.1, 0.15) is 17.4 Å². The lowest BCUT2D eigenvalue weighted by atomic mass is 9.77. The van der Waals surface area contributed by atoms with Crippen LogP contribution in [0.25, 0.3) is 0 Å². The Morgan fingerprint density at radius 3 is 2.15 bits per heavy atom. The summed E-state index contributed by atoms with van der Waals surface area (Å²) in [5, 5.41) is 5.02. The number of carbonyl (C=O) groups excluding carboxylic acids is 1. The molecule has 0 radical (unpaired) electrons. The first-order valence-electron chi connectivity index (χ1n) is 11.7. The number of ether oxygens (including phenoxy) is 1. The monoisotopic (exact) mass is 558 g/mol. The molecule has 1 atom stereocenters. The van der Waals surface area contributed by atoms with Gasteiger partial charge in [-0.05, 0) is 41.0 Å². The topological polar surface area (TPSA) is 50.4 Å². The van der Waals surface area contributed by atoms with Gasteiger partial charge in [-0.3, -0.25) is 0 Å². The molecular weight excluding hydrogens is 536 g/mol. The summed E-state index contributed by atoms with van der Waals surface area (Å²) < 4.78 is 112. The molecule has 0 heterocycles. The largest absolute Gasteiger partial charge is 0.461 e. The van der Waals surface area contributed by atoms with Crippen LogP contribution in [0.2, 0.25) is 0 Å². The van der Waals surface area contributed by atoms with Crippen LogP contribution in [0.1, 0.15) is 29.5 Å². The summed E-state index contributed by atoms with van der Waals surface area (Å²) in [6, 6.07) is 13.3. The van der Waals surface area contributed by atoms with Gasteiger partial charge in [0, 0.05) is 31.4 Å². The van der Waals surface area contributed by atoms with Gasteiger partial charge < -0.3 is 15.4 Å². The molecule has 0 unspecified atom stereocenters. The summed E-state index contributed by atoms with van der Waals surface area (Å²) >= 11 is 0. The summed E-state index contributed by atoms with van der Waals surface area (Å²) in [5.41, 5.74) is -1.35. The maximum absolute atomic E-state index is 14.8. The van der Waals surface area contributed by atoms with Crippen LogP contribution in [-0.4, -0.2) is 30.5 Å². The van der Waals surface area contributed by atoms with Gasteiger partial charge in [0.2, 0.25) is 0 Å². The maximum atomic E-state index is 14.8. The highest BCUT2D eigenvalue weighted by Crippen LogP contribution is 2.39. The van der Waals surface area contributed by atoms with Gasteiger partial charge in [-0.2, -0.15) is 17.6 Å². The third kappa shape index (κ3) is 6.61. The quantitative estimate of drug-likeness (QED) is 0.285. The predicted octanol–water partition coefficient (Wildman–Crippen LogP) is 6.78. The second-order valence-corrected chi connectivity index (χ2v) is 9.27. The van der Waals surface area contributed by atoms with Crippen LogP contribution in [0.15, 0.2) is 72.8 Å². The number of rotatable bonds is 9. The fraction of sp³-hybridized carbons (Fsp3) is 0.296. The zero-order valence-corrected chi connectivity index (χ0v) is 20.0. The average Bonchev–Trinajstić information content (AvgIpc) is 2.82. The molecule has 2 amide bonds. The molecule has 1 aliphatic rings. The Labute approximate surface area is 218 Å². The molecule has 0 spiro atoms. The second kappa shape index (κ2) is 10.7. The Kier molecular flexibility index (Phi) is 7.76. The minimum atomic E-state index is -4.96. The van der Waals surface area contributed by atoms with E-state index in [0.717, 1.165) is 24.3 Å². The molecule has 12 heteroatoms. The SMILES string of the molecule is O=C(NC1CC(F)(F)C1)N[C@](Cc1ccccc1)(c1ccc(F)cc1)c1cc(F)cc(OC(F)(F)C(F)F)c1. The Morgan fingerprint density at radius 2 is 1.56 bits per heavy atom. The van der Waals surface area contributed by atoms with Crippen LogP contribution < -0.4 is 15.4 Å². The van der Waals surface area contributed by atoms with Crippen molar-refractivity contribution >= 4 is 6.03 Å². The molecule has 0 saturated heterocycles. The van der Waals surface area contributed by atoms with Gasteiger partial charge in [-0.15, -0.1) is 0 Å². The van der Waals surface area contributed by atoms with E-state index in [-0.39, 0.29) is 17.5 Å². The summed E-state index contributed by atoms with van der Waals surface area (Å²) in [7, 11) is 0. The van der Waals surface area contributed by atoms with Crippen molar-refractivity contribution in [3.05, 3.63) is 101 Å². The molecular formula is C27H22F8N2O2.